The predicted molar refractivity (Wildman–Crippen MR) is 54.2 cm³/mol. The smallest absolute Gasteiger partial charge is 0.335 e. The quantitative estimate of drug-likeness (QED) is 0.747. The number of aromatic nitrogens is 1. The Morgan fingerprint density at radius 2 is 2.50 bits per heavy atom. The Hall–Kier alpha value is -1.68. The number of nitrogens with zero attached hydrogens (tertiary/aromatic N) is 1. The molecule has 0 aliphatic carbocycles. The number of nitrogens with one attached hydrogen (secondary N) is 1. The van der Waals surface area contributed by atoms with Crippen molar-refractivity contribution in [3.8, 4) is 0 Å². The second-order valence-corrected chi connectivity index (χ2v) is 2.73. The average Bonchev–Trinajstić information content (AvgIpc) is 2.19. The molecule has 1 aromatic heterocycles. The first-order valence-electron chi connectivity index (χ1n) is 4.24. The number of aromatic carboxylic acids is 1. The highest BCUT2D eigenvalue weighted by molar-refractivity contribution is 5.87. The van der Waals surface area contributed by atoms with Gasteiger partial charge in [-0.15, -0.1) is 0 Å². The fraction of sp³-hybridized carbons (Fsp3) is 0.200. The van der Waals surface area contributed by atoms with Crippen molar-refractivity contribution in [3.63, 3.8) is 0 Å². The van der Waals surface area contributed by atoms with Crippen LogP contribution in [0.1, 0.15) is 16.1 Å². The third-order valence-electron chi connectivity index (χ3n) is 1.64. The molecule has 0 bridgehead atoms. The number of hydrogen-bond donors (Lipinski definition) is 2. The van der Waals surface area contributed by atoms with Gasteiger partial charge >= 0.3 is 5.97 Å². The Morgan fingerprint density at radius 1 is 1.71 bits per heavy atom. The first-order valence-corrected chi connectivity index (χ1v) is 4.24. The molecule has 4 heteroatoms. The van der Waals surface area contributed by atoms with Crippen molar-refractivity contribution in [2.24, 2.45) is 0 Å². The van der Waals surface area contributed by atoms with E-state index in [1.807, 2.05) is 13.1 Å². The highest BCUT2D eigenvalue weighted by Gasteiger charge is 2.01. The second kappa shape index (κ2) is 5.14. The number of carboxylic acid groups (broad SMARTS) is 1. The maximum atomic E-state index is 10.6. The van der Waals surface area contributed by atoms with Crippen molar-refractivity contribution in [1.29, 1.82) is 0 Å². The number of hydrogen-bond acceptors (Lipinski definition) is 3. The minimum Gasteiger partial charge on any atom is -0.478 e. The molecule has 0 unspecified atom stereocenters. The van der Waals surface area contributed by atoms with Crippen LogP contribution in [-0.4, -0.2) is 29.7 Å². The molecule has 14 heavy (non-hydrogen) atoms. The summed E-state index contributed by atoms with van der Waals surface area (Å²) in [5, 5.41) is 11.7. The molecule has 0 saturated heterocycles. The van der Waals surface area contributed by atoms with Crippen LogP contribution in [0.3, 0.4) is 0 Å². The van der Waals surface area contributed by atoms with Gasteiger partial charge in [-0.1, -0.05) is 6.08 Å². The Kier molecular flexibility index (Phi) is 3.82. The third-order valence-corrected chi connectivity index (χ3v) is 1.64. The molecule has 1 aromatic rings. The highest BCUT2D eigenvalue weighted by atomic mass is 16.4. The normalized spacial score (nSPS) is 10.6. The van der Waals surface area contributed by atoms with E-state index < -0.39 is 5.97 Å². The average molecular weight is 192 g/mol. The number of rotatable bonds is 4. The minimum atomic E-state index is -0.935. The number of carboxylic acids is 1. The molecule has 1 heterocycles. The lowest BCUT2D eigenvalue weighted by Crippen LogP contribution is -2.03. The molecule has 1 rings (SSSR count). The lowest BCUT2D eigenvalue weighted by molar-refractivity contribution is 0.0696. The molecule has 74 valence electrons. The summed E-state index contributed by atoms with van der Waals surface area (Å²) in [7, 11) is 1.84. The molecule has 0 aliphatic rings. The van der Waals surface area contributed by atoms with Crippen LogP contribution in [0.15, 0.2) is 24.4 Å². The van der Waals surface area contributed by atoms with Crippen molar-refractivity contribution in [2.75, 3.05) is 13.6 Å². The Bertz CT molecular complexity index is 348. The minimum absolute atomic E-state index is 0.254. The van der Waals surface area contributed by atoms with Crippen molar-refractivity contribution >= 4 is 12.0 Å². The largest absolute Gasteiger partial charge is 0.478 e. The first-order chi connectivity index (χ1) is 6.74. The van der Waals surface area contributed by atoms with Crippen LogP contribution >= 0.6 is 0 Å². The van der Waals surface area contributed by atoms with E-state index in [0.29, 0.717) is 5.69 Å². The zero-order valence-corrected chi connectivity index (χ0v) is 7.90. The van der Waals surface area contributed by atoms with Gasteiger partial charge in [0.05, 0.1) is 11.3 Å². The molecule has 0 saturated carbocycles. The van der Waals surface area contributed by atoms with Crippen LogP contribution in [0.4, 0.5) is 0 Å². The van der Waals surface area contributed by atoms with Gasteiger partial charge in [0.15, 0.2) is 0 Å². The Balaban J connectivity index is 2.78. The summed E-state index contributed by atoms with van der Waals surface area (Å²) in [6.45, 7) is 0.735. The molecule has 2 N–H and O–H groups in total. The molecular formula is C10H12N2O2. The van der Waals surface area contributed by atoms with Crippen LogP contribution in [0.2, 0.25) is 0 Å². The molecular weight excluding hydrogens is 180 g/mol. The van der Waals surface area contributed by atoms with Crippen molar-refractivity contribution < 1.29 is 9.90 Å². The van der Waals surface area contributed by atoms with E-state index >= 15 is 0 Å². The van der Waals surface area contributed by atoms with Crippen LogP contribution in [0.5, 0.6) is 0 Å². The lowest BCUT2D eigenvalue weighted by Gasteiger charge is -1.95. The summed E-state index contributed by atoms with van der Waals surface area (Å²) >= 11 is 0. The van der Waals surface area contributed by atoms with Crippen LogP contribution in [-0.2, 0) is 0 Å². The lowest BCUT2D eigenvalue weighted by atomic mass is 10.2. The molecule has 4 nitrogen and oxygen atoms in total. The number of pyridine rings is 1. The summed E-state index contributed by atoms with van der Waals surface area (Å²) in [5.74, 6) is -0.935. The van der Waals surface area contributed by atoms with E-state index in [9.17, 15) is 4.79 Å². The van der Waals surface area contributed by atoms with Gasteiger partial charge in [0.1, 0.15) is 0 Å². The molecule has 0 aromatic carbocycles. The molecule has 0 atom stereocenters. The van der Waals surface area contributed by atoms with Gasteiger partial charge in [0, 0.05) is 12.7 Å². The van der Waals surface area contributed by atoms with E-state index in [0.717, 1.165) is 6.54 Å². The first kappa shape index (κ1) is 10.4. The highest BCUT2D eigenvalue weighted by Crippen LogP contribution is 2.03. The maximum Gasteiger partial charge on any atom is 0.335 e. The van der Waals surface area contributed by atoms with Crippen molar-refractivity contribution in [2.45, 2.75) is 0 Å². The van der Waals surface area contributed by atoms with Gasteiger partial charge in [0.25, 0.3) is 0 Å². The number of likely N-dealkylation sites (N-methyl/N-ethyl adjacent to an activating group) is 1. The molecule has 0 spiro atoms. The number of carbonyl (C=O) groups is 1. The standard InChI is InChI=1S/C10H12N2O2/c1-11-5-2-3-9-7-8(10(13)14)4-6-12-9/h2-4,6-7,11H,5H2,1H3,(H,13,14). The van der Waals surface area contributed by atoms with E-state index in [-0.39, 0.29) is 5.56 Å². The summed E-state index contributed by atoms with van der Waals surface area (Å²) < 4.78 is 0. The van der Waals surface area contributed by atoms with E-state index in [1.54, 1.807) is 6.08 Å². The summed E-state index contributed by atoms with van der Waals surface area (Å²) in [4.78, 5) is 14.6. The Labute approximate surface area is 82.3 Å². The van der Waals surface area contributed by atoms with Gasteiger partial charge in [-0.25, -0.2) is 4.79 Å². The van der Waals surface area contributed by atoms with Gasteiger partial charge in [-0.05, 0) is 25.3 Å². The monoisotopic (exact) mass is 192 g/mol. The molecule has 0 aliphatic heterocycles. The summed E-state index contributed by atoms with van der Waals surface area (Å²) in [6, 6.07) is 3.01. The van der Waals surface area contributed by atoms with Crippen LogP contribution in [0, 0.1) is 0 Å². The third kappa shape index (κ3) is 2.99. The second-order valence-electron chi connectivity index (χ2n) is 2.73. The van der Waals surface area contributed by atoms with E-state index in [4.69, 9.17) is 5.11 Å². The zero-order chi connectivity index (χ0) is 10.4. The van der Waals surface area contributed by atoms with Gasteiger partial charge in [0.2, 0.25) is 0 Å². The fourth-order valence-electron chi connectivity index (χ4n) is 0.970. The van der Waals surface area contributed by atoms with Crippen LogP contribution < -0.4 is 5.32 Å². The van der Waals surface area contributed by atoms with Crippen molar-refractivity contribution in [3.05, 3.63) is 35.7 Å². The molecule has 0 radical (unpaired) electrons. The SMILES string of the molecule is CNCC=Cc1cc(C(=O)O)ccn1. The topological polar surface area (TPSA) is 62.2 Å². The van der Waals surface area contributed by atoms with E-state index in [2.05, 4.69) is 10.3 Å². The van der Waals surface area contributed by atoms with Gasteiger partial charge in [-0.2, -0.15) is 0 Å². The summed E-state index contributed by atoms with van der Waals surface area (Å²) in [5.41, 5.74) is 0.907. The van der Waals surface area contributed by atoms with Gasteiger partial charge < -0.3 is 10.4 Å². The van der Waals surface area contributed by atoms with Crippen molar-refractivity contribution in [1.82, 2.24) is 10.3 Å². The van der Waals surface area contributed by atoms with Gasteiger partial charge in [-0.3, -0.25) is 4.98 Å². The predicted octanol–water partition coefficient (Wildman–Crippen LogP) is 1.01. The van der Waals surface area contributed by atoms with Crippen LogP contribution in [0.25, 0.3) is 6.08 Å². The molecule has 0 amide bonds. The zero-order valence-electron chi connectivity index (χ0n) is 7.90. The maximum absolute atomic E-state index is 10.6. The molecule has 0 fully saturated rings. The Morgan fingerprint density at radius 3 is 3.14 bits per heavy atom. The van der Waals surface area contributed by atoms with E-state index in [1.165, 1.54) is 18.3 Å². The summed E-state index contributed by atoms with van der Waals surface area (Å²) in [6.07, 6.45) is 5.15. The fourth-order valence-corrected chi connectivity index (χ4v) is 0.970.